The molecule has 0 bridgehead atoms. The lowest BCUT2D eigenvalue weighted by molar-refractivity contribution is -0.140. The first-order chi connectivity index (χ1) is 18.7. The fourth-order valence-electron chi connectivity index (χ4n) is 4.77. The molecule has 1 atom stereocenters. The first-order valence-electron chi connectivity index (χ1n) is 12.9. The zero-order valence-corrected chi connectivity index (χ0v) is 24.5. The van der Waals surface area contributed by atoms with E-state index in [0.717, 1.165) is 50.5 Å². The summed E-state index contributed by atoms with van der Waals surface area (Å²) >= 11 is 12.1. The van der Waals surface area contributed by atoms with Crippen molar-refractivity contribution in [2.24, 2.45) is 0 Å². The Balaban J connectivity index is 1.98. The number of halogens is 5. The summed E-state index contributed by atoms with van der Waals surface area (Å²) < 4.78 is 66.5. The third-order valence-corrected chi connectivity index (χ3v) is 8.70. The van der Waals surface area contributed by atoms with Crippen LogP contribution in [0, 0.1) is 0 Å². The van der Waals surface area contributed by atoms with Gasteiger partial charge in [0, 0.05) is 17.6 Å². The number of carbonyl (C=O) groups is 2. The number of hydrogen-bond donors (Lipinski definition) is 1. The summed E-state index contributed by atoms with van der Waals surface area (Å²) in [6.45, 7) is 0.775. The topological polar surface area (TPSA) is 86.8 Å². The van der Waals surface area contributed by atoms with Crippen LogP contribution < -0.4 is 9.62 Å². The van der Waals surface area contributed by atoms with Gasteiger partial charge in [0.05, 0.1) is 22.5 Å². The Morgan fingerprint density at radius 2 is 1.70 bits per heavy atom. The number of sulfonamides is 1. The Labute approximate surface area is 242 Å². The minimum absolute atomic E-state index is 0.0325. The SMILES string of the molecule is CC[C@H](C(=O)NC1CCCCC1)N(Cc1ccccc1Cl)C(=O)CN(c1ccc(Cl)c(C(F)(F)F)c1)S(C)(=O)=O. The molecule has 1 aliphatic carbocycles. The van der Waals surface area contributed by atoms with E-state index in [1.54, 1.807) is 31.2 Å². The predicted octanol–water partition coefficient (Wildman–Crippen LogP) is 6.03. The van der Waals surface area contributed by atoms with E-state index in [2.05, 4.69) is 5.32 Å². The van der Waals surface area contributed by atoms with Crippen molar-refractivity contribution in [3.05, 3.63) is 63.6 Å². The molecule has 220 valence electrons. The number of amides is 2. The number of alkyl halides is 3. The Morgan fingerprint density at radius 1 is 1.05 bits per heavy atom. The van der Waals surface area contributed by atoms with Gasteiger partial charge >= 0.3 is 6.18 Å². The van der Waals surface area contributed by atoms with Crippen molar-refractivity contribution in [1.82, 2.24) is 10.2 Å². The van der Waals surface area contributed by atoms with Gasteiger partial charge in [-0.15, -0.1) is 0 Å². The third kappa shape index (κ3) is 8.27. The summed E-state index contributed by atoms with van der Waals surface area (Å²) in [5, 5.41) is 2.75. The number of nitrogens with one attached hydrogen (secondary N) is 1. The van der Waals surface area contributed by atoms with Gasteiger partial charge in [-0.2, -0.15) is 13.2 Å². The molecule has 0 aliphatic heterocycles. The van der Waals surface area contributed by atoms with Gasteiger partial charge in [0.15, 0.2) is 0 Å². The monoisotopic (exact) mass is 621 g/mol. The van der Waals surface area contributed by atoms with Crippen molar-refractivity contribution in [2.45, 2.75) is 70.3 Å². The first-order valence-corrected chi connectivity index (χ1v) is 15.5. The van der Waals surface area contributed by atoms with E-state index in [0.29, 0.717) is 21.0 Å². The fourth-order valence-corrected chi connectivity index (χ4v) is 6.03. The van der Waals surface area contributed by atoms with Gasteiger partial charge in [0.1, 0.15) is 12.6 Å². The lowest BCUT2D eigenvalue weighted by Gasteiger charge is -2.34. The van der Waals surface area contributed by atoms with Gasteiger partial charge < -0.3 is 10.2 Å². The van der Waals surface area contributed by atoms with E-state index >= 15 is 0 Å². The molecule has 40 heavy (non-hydrogen) atoms. The summed E-state index contributed by atoms with van der Waals surface area (Å²) in [5.41, 5.74) is -1.10. The lowest BCUT2D eigenvalue weighted by Crippen LogP contribution is -2.54. The van der Waals surface area contributed by atoms with Crippen LogP contribution in [0.15, 0.2) is 42.5 Å². The average molecular weight is 623 g/mol. The van der Waals surface area contributed by atoms with Gasteiger partial charge in [-0.05, 0) is 49.1 Å². The van der Waals surface area contributed by atoms with Crippen molar-refractivity contribution in [3.63, 3.8) is 0 Å². The summed E-state index contributed by atoms with van der Waals surface area (Å²) in [6.07, 6.45) is 0.841. The minimum atomic E-state index is -4.85. The highest BCUT2D eigenvalue weighted by atomic mass is 35.5. The van der Waals surface area contributed by atoms with E-state index in [1.165, 1.54) is 4.90 Å². The van der Waals surface area contributed by atoms with Gasteiger partial charge in [-0.25, -0.2) is 8.42 Å². The summed E-state index contributed by atoms with van der Waals surface area (Å²) in [5.74, 6) is -1.16. The van der Waals surface area contributed by atoms with Gasteiger partial charge in [0.25, 0.3) is 0 Å². The van der Waals surface area contributed by atoms with Crippen LogP contribution in [0.5, 0.6) is 0 Å². The number of rotatable bonds is 10. The lowest BCUT2D eigenvalue weighted by atomic mass is 9.95. The number of anilines is 1. The second-order valence-corrected chi connectivity index (χ2v) is 12.5. The van der Waals surface area contributed by atoms with Crippen molar-refractivity contribution in [2.75, 3.05) is 17.1 Å². The summed E-state index contributed by atoms with van der Waals surface area (Å²) in [6, 6.07) is 8.32. The van der Waals surface area contributed by atoms with Crippen LogP contribution in [-0.4, -0.2) is 50.0 Å². The molecule has 1 saturated carbocycles. The second kappa shape index (κ2) is 13.4. The summed E-state index contributed by atoms with van der Waals surface area (Å²) in [7, 11) is -4.23. The van der Waals surface area contributed by atoms with Crippen molar-refractivity contribution in [3.8, 4) is 0 Å². The molecule has 0 spiro atoms. The first kappa shape index (κ1) is 32.0. The molecule has 3 rings (SSSR count). The maximum Gasteiger partial charge on any atom is 0.417 e. The summed E-state index contributed by atoms with van der Waals surface area (Å²) in [4.78, 5) is 28.4. The highest BCUT2D eigenvalue weighted by Gasteiger charge is 2.36. The van der Waals surface area contributed by atoms with Gasteiger partial charge in [-0.3, -0.25) is 13.9 Å². The molecule has 2 aromatic carbocycles. The third-order valence-electron chi connectivity index (χ3n) is 6.86. The molecule has 1 aliphatic rings. The smallest absolute Gasteiger partial charge is 0.352 e. The van der Waals surface area contributed by atoms with Crippen LogP contribution in [0.3, 0.4) is 0 Å². The van der Waals surface area contributed by atoms with Crippen LogP contribution >= 0.6 is 23.2 Å². The molecule has 1 fully saturated rings. The highest BCUT2D eigenvalue weighted by molar-refractivity contribution is 7.92. The Bertz CT molecular complexity index is 1320. The van der Waals surface area contributed by atoms with Crippen LogP contribution in [0.2, 0.25) is 10.0 Å². The zero-order valence-electron chi connectivity index (χ0n) is 22.2. The molecule has 2 amide bonds. The molecule has 1 N–H and O–H groups in total. The Morgan fingerprint density at radius 3 is 2.27 bits per heavy atom. The minimum Gasteiger partial charge on any atom is -0.352 e. The van der Waals surface area contributed by atoms with E-state index in [9.17, 15) is 31.2 Å². The fraction of sp³-hybridized carbons (Fsp3) is 0.481. The number of hydrogen-bond acceptors (Lipinski definition) is 4. The maximum atomic E-state index is 13.8. The van der Waals surface area contributed by atoms with Crippen molar-refractivity contribution < 1.29 is 31.2 Å². The highest BCUT2D eigenvalue weighted by Crippen LogP contribution is 2.37. The average Bonchev–Trinajstić information content (AvgIpc) is 2.88. The number of benzene rings is 2. The molecule has 2 aromatic rings. The molecule has 0 aromatic heterocycles. The second-order valence-electron chi connectivity index (χ2n) is 9.81. The van der Waals surface area contributed by atoms with Crippen molar-refractivity contribution >= 4 is 50.7 Å². The van der Waals surface area contributed by atoms with Gasteiger partial charge in [0.2, 0.25) is 21.8 Å². The van der Waals surface area contributed by atoms with E-state index in [1.807, 2.05) is 0 Å². The quantitative estimate of drug-likeness (QED) is 0.351. The molecule has 0 heterocycles. The molecule has 0 unspecified atom stereocenters. The molecule has 0 saturated heterocycles. The van der Waals surface area contributed by atoms with E-state index < -0.39 is 45.3 Å². The van der Waals surface area contributed by atoms with Crippen LogP contribution in [0.1, 0.15) is 56.6 Å². The molecular weight excluding hydrogens is 590 g/mol. The van der Waals surface area contributed by atoms with E-state index in [4.69, 9.17) is 23.2 Å². The van der Waals surface area contributed by atoms with Crippen LogP contribution in [0.25, 0.3) is 0 Å². The van der Waals surface area contributed by atoms with Crippen LogP contribution in [0.4, 0.5) is 18.9 Å². The van der Waals surface area contributed by atoms with Crippen LogP contribution in [-0.2, 0) is 32.3 Å². The largest absolute Gasteiger partial charge is 0.417 e. The Hall–Kier alpha value is -2.50. The molecule has 13 heteroatoms. The van der Waals surface area contributed by atoms with Crippen molar-refractivity contribution in [1.29, 1.82) is 0 Å². The molecule has 0 radical (unpaired) electrons. The van der Waals surface area contributed by atoms with E-state index in [-0.39, 0.29) is 30.6 Å². The maximum absolute atomic E-state index is 13.8. The Kier molecular flexibility index (Phi) is 10.8. The predicted molar refractivity (Wildman–Crippen MR) is 150 cm³/mol. The molecular formula is C27H32Cl2F3N3O4S. The number of nitrogens with zero attached hydrogens (tertiary/aromatic N) is 2. The number of carbonyl (C=O) groups excluding carboxylic acids is 2. The molecule has 7 nitrogen and oxygen atoms in total. The zero-order chi connectivity index (χ0) is 29.7. The normalized spacial score (nSPS) is 15.4. The standard InChI is InChI=1S/C27H32Cl2F3N3O4S/c1-3-24(26(37)33-19-10-5-4-6-11-19)34(16-18-9-7-8-12-22(18)28)25(36)17-35(40(2,38)39)20-13-14-23(29)21(15-20)27(30,31)32/h7-9,12-15,19,24H,3-6,10-11,16-17H2,1-2H3,(H,33,37)/t24-/m1/s1. The van der Waals surface area contributed by atoms with Gasteiger partial charge in [-0.1, -0.05) is 67.6 Å².